The van der Waals surface area contributed by atoms with Crippen LogP contribution in [-0.4, -0.2) is 15.2 Å². The van der Waals surface area contributed by atoms with Gasteiger partial charge in [-0.2, -0.15) is 4.98 Å². The predicted molar refractivity (Wildman–Crippen MR) is 84.5 cm³/mol. The molecule has 5 heteroatoms. The lowest BCUT2D eigenvalue weighted by atomic mass is 10.2. The van der Waals surface area contributed by atoms with Crippen LogP contribution in [-0.2, 0) is 0 Å². The quantitative estimate of drug-likeness (QED) is 0.767. The summed E-state index contributed by atoms with van der Waals surface area (Å²) in [5.41, 5.74) is 1.56. The van der Waals surface area contributed by atoms with Gasteiger partial charge in [0.1, 0.15) is 5.75 Å². The van der Waals surface area contributed by atoms with Gasteiger partial charge in [-0.3, -0.25) is 0 Å². The van der Waals surface area contributed by atoms with Gasteiger partial charge in [-0.1, -0.05) is 51.4 Å². The Hall–Kier alpha value is -2.40. The third-order valence-corrected chi connectivity index (χ3v) is 3.40. The number of benzene rings is 2. The van der Waals surface area contributed by atoms with E-state index in [-0.39, 0.29) is 5.75 Å². The second-order valence-electron chi connectivity index (χ2n) is 4.36. The van der Waals surface area contributed by atoms with Crippen molar-refractivity contribution in [3.63, 3.8) is 0 Å². The minimum atomic E-state index is 0.115. The summed E-state index contributed by atoms with van der Waals surface area (Å²) in [7, 11) is 0. The topological polar surface area (TPSA) is 59.2 Å². The van der Waals surface area contributed by atoms with E-state index in [2.05, 4.69) is 26.1 Å². The molecule has 0 aliphatic rings. The van der Waals surface area contributed by atoms with Crippen molar-refractivity contribution in [1.82, 2.24) is 10.1 Å². The lowest BCUT2D eigenvalue weighted by Gasteiger charge is -1.96. The second kappa shape index (κ2) is 5.93. The van der Waals surface area contributed by atoms with Gasteiger partial charge in [0.05, 0.1) is 5.56 Å². The Morgan fingerprint density at radius 1 is 1.00 bits per heavy atom. The number of para-hydroxylation sites is 1. The zero-order valence-electron chi connectivity index (χ0n) is 10.9. The Balaban J connectivity index is 1.82. The first-order valence-corrected chi connectivity index (χ1v) is 7.07. The molecule has 1 N–H and O–H groups in total. The number of aromatic nitrogens is 2. The van der Waals surface area contributed by atoms with Gasteiger partial charge in [-0.25, -0.2) is 0 Å². The Labute approximate surface area is 129 Å². The molecule has 0 spiro atoms. The zero-order valence-corrected chi connectivity index (χ0v) is 12.5. The largest absolute Gasteiger partial charge is 0.507 e. The second-order valence-corrected chi connectivity index (χ2v) is 5.28. The van der Waals surface area contributed by atoms with Crippen LogP contribution < -0.4 is 0 Å². The number of hydrogen-bond donors (Lipinski definition) is 1. The van der Waals surface area contributed by atoms with Crippen LogP contribution in [0.2, 0.25) is 0 Å². The van der Waals surface area contributed by atoms with E-state index in [1.54, 1.807) is 30.3 Å². The van der Waals surface area contributed by atoms with E-state index in [9.17, 15) is 5.11 Å². The van der Waals surface area contributed by atoms with Crippen molar-refractivity contribution >= 4 is 28.1 Å². The van der Waals surface area contributed by atoms with Crippen molar-refractivity contribution in [3.05, 3.63) is 64.4 Å². The number of hydrogen-bond acceptors (Lipinski definition) is 4. The zero-order chi connectivity index (χ0) is 14.7. The van der Waals surface area contributed by atoms with Gasteiger partial charge >= 0.3 is 0 Å². The van der Waals surface area contributed by atoms with Crippen molar-refractivity contribution in [2.75, 3.05) is 0 Å². The monoisotopic (exact) mass is 342 g/mol. The lowest BCUT2D eigenvalue weighted by molar-refractivity contribution is 0.423. The van der Waals surface area contributed by atoms with Gasteiger partial charge in [0.25, 0.3) is 5.89 Å². The third kappa shape index (κ3) is 3.20. The van der Waals surface area contributed by atoms with Crippen LogP contribution >= 0.6 is 15.9 Å². The maximum atomic E-state index is 9.76. The molecular weight excluding hydrogens is 332 g/mol. The summed E-state index contributed by atoms with van der Waals surface area (Å²) in [6.07, 6.45) is 3.65. The lowest BCUT2D eigenvalue weighted by Crippen LogP contribution is -1.79. The number of halogens is 1. The molecule has 0 aliphatic heterocycles. The van der Waals surface area contributed by atoms with E-state index in [1.165, 1.54) is 0 Å². The van der Waals surface area contributed by atoms with Crippen LogP contribution in [0.4, 0.5) is 0 Å². The highest BCUT2D eigenvalue weighted by Crippen LogP contribution is 2.27. The molecular formula is C16H11BrN2O2. The van der Waals surface area contributed by atoms with Gasteiger partial charge in [-0.15, -0.1) is 0 Å². The highest BCUT2D eigenvalue weighted by atomic mass is 79.9. The van der Waals surface area contributed by atoms with Gasteiger partial charge in [0.2, 0.25) is 0 Å². The molecule has 0 radical (unpaired) electrons. The van der Waals surface area contributed by atoms with Gasteiger partial charge in [0, 0.05) is 4.47 Å². The van der Waals surface area contributed by atoms with Crippen molar-refractivity contribution in [2.45, 2.75) is 0 Å². The highest BCUT2D eigenvalue weighted by Gasteiger charge is 2.10. The molecule has 21 heavy (non-hydrogen) atoms. The Kier molecular flexibility index (Phi) is 3.83. The Bertz CT molecular complexity index is 779. The van der Waals surface area contributed by atoms with E-state index >= 15 is 0 Å². The summed E-state index contributed by atoms with van der Waals surface area (Å²) in [4.78, 5) is 4.24. The molecule has 0 saturated heterocycles. The van der Waals surface area contributed by atoms with Gasteiger partial charge < -0.3 is 9.63 Å². The molecule has 104 valence electrons. The van der Waals surface area contributed by atoms with E-state index in [0.29, 0.717) is 17.3 Å². The minimum Gasteiger partial charge on any atom is -0.507 e. The third-order valence-electron chi connectivity index (χ3n) is 2.87. The number of rotatable bonds is 3. The fourth-order valence-electron chi connectivity index (χ4n) is 1.81. The standard InChI is InChI=1S/C16H11BrN2O2/c17-12-8-5-11(6-9-12)7-10-15-18-16(21-19-15)13-3-1-2-4-14(13)20/h1-10,20H/b10-7+. The van der Waals surface area contributed by atoms with Crippen LogP contribution in [0.25, 0.3) is 23.6 Å². The predicted octanol–water partition coefficient (Wildman–Crippen LogP) is 4.38. The summed E-state index contributed by atoms with van der Waals surface area (Å²) in [6.45, 7) is 0. The molecule has 1 heterocycles. The van der Waals surface area contributed by atoms with Crippen LogP contribution in [0.3, 0.4) is 0 Å². The molecule has 0 fully saturated rings. The maximum Gasteiger partial charge on any atom is 0.261 e. The highest BCUT2D eigenvalue weighted by molar-refractivity contribution is 9.10. The van der Waals surface area contributed by atoms with Crippen molar-refractivity contribution in [2.24, 2.45) is 0 Å². The van der Waals surface area contributed by atoms with E-state index < -0.39 is 0 Å². The maximum absolute atomic E-state index is 9.76. The van der Waals surface area contributed by atoms with Crippen molar-refractivity contribution in [1.29, 1.82) is 0 Å². The molecule has 0 atom stereocenters. The number of nitrogens with zero attached hydrogens (tertiary/aromatic N) is 2. The number of aromatic hydroxyl groups is 1. The molecule has 1 aromatic heterocycles. The van der Waals surface area contributed by atoms with E-state index in [4.69, 9.17) is 4.52 Å². The first-order chi connectivity index (χ1) is 10.2. The molecule has 3 aromatic rings. The van der Waals surface area contributed by atoms with Crippen molar-refractivity contribution < 1.29 is 9.63 Å². The average Bonchev–Trinajstić information content (AvgIpc) is 2.96. The Morgan fingerprint density at radius 2 is 1.76 bits per heavy atom. The van der Waals surface area contributed by atoms with Crippen molar-refractivity contribution in [3.8, 4) is 17.2 Å². The van der Waals surface area contributed by atoms with Crippen LogP contribution in [0.15, 0.2) is 57.5 Å². The SMILES string of the molecule is Oc1ccccc1-c1nc(/C=C/c2ccc(Br)cc2)no1. The van der Waals surface area contributed by atoms with Crippen LogP contribution in [0, 0.1) is 0 Å². The summed E-state index contributed by atoms with van der Waals surface area (Å²) >= 11 is 3.39. The molecule has 3 rings (SSSR count). The molecule has 0 unspecified atom stereocenters. The summed E-state index contributed by atoms with van der Waals surface area (Å²) in [6, 6.07) is 14.7. The molecule has 0 saturated carbocycles. The fourth-order valence-corrected chi connectivity index (χ4v) is 2.08. The van der Waals surface area contributed by atoms with Gasteiger partial charge in [0.15, 0.2) is 5.82 Å². The van der Waals surface area contributed by atoms with Crippen LogP contribution in [0.1, 0.15) is 11.4 Å². The molecule has 0 amide bonds. The smallest absolute Gasteiger partial charge is 0.261 e. The fraction of sp³-hybridized carbons (Fsp3) is 0. The first-order valence-electron chi connectivity index (χ1n) is 6.28. The first kappa shape index (κ1) is 13.6. The van der Waals surface area contributed by atoms with Gasteiger partial charge in [-0.05, 0) is 35.9 Å². The average molecular weight is 343 g/mol. The number of phenolic OH excluding ortho intramolecular Hbond substituents is 1. The normalized spacial score (nSPS) is 11.1. The molecule has 0 bridgehead atoms. The minimum absolute atomic E-state index is 0.115. The summed E-state index contributed by atoms with van der Waals surface area (Å²) in [5, 5.41) is 13.6. The van der Waals surface area contributed by atoms with E-state index in [0.717, 1.165) is 10.0 Å². The van der Waals surface area contributed by atoms with E-state index in [1.807, 2.05) is 30.3 Å². The molecule has 4 nitrogen and oxygen atoms in total. The Morgan fingerprint density at radius 3 is 2.52 bits per heavy atom. The van der Waals surface area contributed by atoms with Crippen LogP contribution in [0.5, 0.6) is 5.75 Å². The number of phenols is 1. The molecule has 0 aliphatic carbocycles. The summed E-state index contributed by atoms with van der Waals surface area (Å²) in [5.74, 6) is 0.865. The molecule has 2 aromatic carbocycles. The summed E-state index contributed by atoms with van der Waals surface area (Å²) < 4.78 is 6.19.